The quantitative estimate of drug-likeness (QED) is 0.607. The Morgan fingerprint density at radius 3 is 2.74 bits per heavy atom. The van der Waals surface area contributed by atoms with E-state index in [1.807, 2.05) is 0 Å². The molecule has 3 N–H and O–H groups in total. The standard InChI is InChI=1S/C11H15FN2O3S2/c1-19(16,17)5-4-18-7-11(15)14-10-3-2-8(12)6-9(10)13/h2-3,6H,4-5,7,13H2,1H3,(H,14,15). The second-order valence-corrected chi connectivity index (χ2v) is 7.33. The van der Waals surface area contributed by atoms with Gasteiger partial charge < -0.3 is 11.1 Å². The fourth-order valence-corrected chi connectivity index (χ4v) is 3.29. The molecule has 0 fully saturated rings. The van der Waals surface area contributed by atoms with Crippen LogP contribution in [0.5, 0.6) is 0 Å². The van der Waals surface area contributed by atoms with Crippen molar-refractivity contribution in [1.29, 1.82) is 0 Å². The van der Waals surface area contributed by atoms with Gasteiger partial charge in [-0.2, -0.15) is 11.8 Å². The fourth-order valence-electron chi connectivity index (χ4n) is 1.21. The third kappa shape index (κ3) is 6.44. The maximum atomic E-state index is 12.8. The number of sulfone groups is 1. The number of nitrogen functional groups attached to an aromatic ring is 1. The number of benzene rings is 1. The van der Waals surface area contributed by atoms with E-state index >= 15 is 0 Å². The minimum Gasteiger partial charge on any atom is -0.397 e. The van der Waals surface area contributed by atoms with Crippen molar-refractivity contribution in [3.8, 4) is 0 Å². The van der Waals surface area contributed by atoms with Gasteiger partial charge in [0.15, 0.2) is 0 Å². The van der Waals surface area contributed by atoms with Crippen molar-refractivity contribution in [3.63, 3.8) is 0 Å². The number of hydrogen-bond acceptors (Lipinski definition) is 5. The van der Waals surface area contributed by atoms with Crippen molar-refractivity contribution in [3.05, 3.63) is 24.0 Å². The minimum atomic E-state index is -3.01. The van der Waals surface area contributed by atoms with Crippen LogP contribution in [0.25, 0.3) is 0 Å². The molecule has 1 amide bonds. The maximum absolute atomic E-state index is 12.8. The number of carbonyl (C=O) groups excluding carboxylic acids is 1. The summed E-state index contributed by atoms with van der Waals surface area (Å²) in [5.74, 6) is -0.281. The Bertz CT molecular complexity index is 561. The number of thioether (sulfide) groups is 1. The number of halogens is 1. The molecule has 106 valence electrons. The predicted octanol–water partition coefficient (Wildman–Crippen LogP) is 1.12. The SMILES string of the molecule is CS(=O)(=O)CCSCC(=O)Nc1ccc(F)cc1N. The van der Waals surface area contributed by atoms with Gasteiger partial charge in [-0.3, -0.25) is 4.79 Å². The van der Waals surface area contributed by atoms with E-state index in [0.717, 1.165) is 12.3 Å². The molecule has 0 aliphatic rings. The highest BCUT2D eigenvalue weighted by Gasteiger charge is 2.07. The number of nitrogens with two attached hydrogens (primary N) is 1. The number of hydrogen-bond donors (Lipinski definition) is 2. The van der Waals surface area contributed by atoms with Gasteiger partial charge in [-0.15, -0.1) is 0 Å². The molecule has 5 nitrogen and oxygen atoms in total. The summed E-state index contributed by atoms with van der Waals surface area (Å²) in [6.07, 6.45) is 1.15. The van der Waals surface area contributed by atoms with Gasteiger partial charge >= 0.3 is 0 Å². The Hall–Kier alpha value is -1.28. The molecule has 19 heavy (non-hydrogen) atoms. The first-order valence-corrected chi connectivity index (χ1v) is 8.60. The number of amides is 1. The van der Waals surface area contributed by atoms with Crippen molar-refractivity contribution in [2.24, 2.45) is 0 Å². The summed E-state index contributed by atoms with van der Waals surface area (Å²) >= 11 is 1.21. The zero-order valence-electron chi connectivity index (χ0n) is 10.3. The van der Waals surface area contributed by atoms with Crippen LogP contribution < -0.4 is 11.1 Å². The largest absolute Gasteiger partial charge is 0.397 e. The monoisotopic (exact) mass is 306 g/mol. The van der Waals surface area contributed by atoms with Crippen molar-refractivity contribution in [2.45, 2.75) is 0 Å². The number of carbonyl (C=O) groups is 1. The molecule has 0 atom stereocenters. The summed E-state index contributed by atoms with van der Waals surface area (Å²) in [4.78, 5) is 11.5. The molecule has 1 aromatic rings. The van der Waals surface area contributed by atoms with E-state index in [4.69, 9.17) is 5.73 Å². The Labute approximate surface area is 115 Å². The zero-order valence-corrected chi connectivity index (χ0v) is 12.0. The maximum Gasteiger partial charge on any atom is 0.234 e. The van der Waals surface area contributed by atoms with E-state index < -0.39 is 15.7 Å². The van der Waals surface area contributed by atoms with Gasteiger partial charge in [-0.25, -0.2) is 12.8 Å². The van der Waals surface area contributed by atoms with Gasteiger partial charge in [-0.05, 0) is 18.2 Å². The molecule has 0 unspecified atom stereocenters. The molecule has 1 rings (SSSR count). The smallest absolute Gasteiger partial charge is 0.234 e. The molecule has 0 aliphatic carbocycles. The Kier molecular flexibility index (Phi) is 5.61. The molecule has 0 aliphatic heterocycles. The Balaban J connectivity index is 2.39. The first kappa shape index (κ1) is 15.8. The lowest BCUT2D eigenvalue weighted by Crippen LogP contribution is -2.16. The van der Waals surface area contributed by atoms with E-state index in [1.54, 1.807) is 0 Å². The highest BCUT2D eigenvalue weighted by atomic mass is 32.2. The lowest BCUT2D eigenvalue weighted by atomic mass is 10.2. The molecule has 0 aromatic heterocycles. The van der Waals surface area contributed by atoms with Crippen LogP contribution in [0.3, 0.4) is 0 Å². The summed E-state index contributed by atoms with van der Waals surface area (Å²) in [7, 11) is -3.01. The van der Waals surface area contributed by atoms with Gasteiger partial charge in [0.05, 0.1) is 22.9 Å². The molecule has 0 saturated heterocycles. The van der Waals surface area contributed by atoms with E-state index in [2.05, 4.69) is 5.32 Å². The first-order valence-electron chi connectivity index (χ1n) is 5.38. The van der Waals surface area contributed by atoms with Crippen molar-refractivity contribution in [1.82, 2.24) is 0 Å². The van der Waals surface area contributed by atoms with Crippen LogP contribution in [0.1, 0.15) is 0 Å². The van der Waals surface area contributed by atoms with Crippen LogP contribution in [0.15, 0.2) is 18.2 Å². The summed E-state index contributed by atoms with van der Waals surface area (Å²) < 4.78 is 34.5. The van der Waals surface area contributed by atoms with Gasteiger partial charge in [0.2, 0.25) is 5.91 Å². The van der Waals surface area contributed by atoms with Gasteiger partial charge in [0, 0.05) is 12.0 Å². The Morgan fingerprint density at radius 1 is 1.47 bits per heavy atom. The minimum absolute atomic E-state index is 0.0314. The highest BCUT2D eigenvalue weighted by Crippen LogP contribution is 2.19. The van der Waals surface area contributed by atoms with E-state index in [0.29, 0.717) is 11.4 Å². The lowest BCUT2D eigenvalue weighted by molar-refractivity contribution is -0.113. The second-order valence-electron chi connectivity index (χ2n) is 3.96. The first-order chi connectivity index (χ1) is 8.78. The van der Waals surface area contributed by atoms with Gasteiger partial charge in [0.1, 0.15) is 15.7 Å². The third-order valence-electron chi connectivity index (χ3n) is 2.12. The molecule has 0 heterocycles. The highest BCUT2D eigenvalue weighted by molar-refractivity contribution is 8.01. The third-order valence-corrected chi connectivity index (χ3v) is 4.28. The van der Waals surface area contributed by atoms with E-state index in [-0.39, 0.29) is 23.1 Å². The number of rotatable bonds is 6. The normalized spacial score (nSPS) is 11.3. The van der Waals surface area contributed by atoms with Crippen LogP contribution in [0.2, 0.25) is 0 Å². The molecule has 0 bridgehead atoms. The van der Waals surface area contributed by atoms with Crippen molar-refractivity contribution < 1.29 is 17.6 Å². The van der Waals surface area contributed by atoms with Crippen molar-refractivity contribution in [2.75, 3.05) is 34.6 Å². The molecule has 0 spiro atoms. The molecule has 8 heteroatoms. The van der Waals surface area contributed by atoms with E-state index in [1.165, 1.54) is 23.9 Å². The van der Waals surface area contributed by atoms with Crippen LogP contribution in [-0.4, -0.2) is 37.8 Å². The Morgan fingerprint density at radius 2 is 2.16 bits per heavy atom. The van der Waals surface area contributed by atoms with Crippen LogP contribution in [0, 0.1) is 5.82 Å². The number of anilines is 2. The molecule has 1 aromatic carbocycles. The van der Waals surface area contributed by atoms with Gasteiger partial charge in [-0.1, -0.05) is 0 Å². The average molecular weight is 306 g/mol. The second kappa shape index (κ2) is 6.76. The predicted molar refractivity (Wildman–Crippen MR) is 76.5 cm³/mol. The fraction of sp³-hybridized carbons (Fsp3) is 0.364. The summed E-state index contributed by atoms with van der Waals surface area (Å²) in [6.45, 7) is 0. The molecular formula is C11H15FN2O3S2. The topological polar surface area (TPSA) is 89.3 Å². The van der Waals surface area contributed by atoms with Crippen LogP contribution in [0.4, 0.5) is 15.8 Å². The molecule has 0 saturated carbocycles. The lowest BCUT2D eigenvalue weighted by Gasteiger charge is -2.07. The van der Waals surface area contributed by atoms with Crippen LogP contribution in [-0.2, 0) is 14.6 Å². The molecule has 0 radical (unpaired) electrons. The summed E-state index contributed by atoms with van der Waals surface area (Å²) in [5.41, 5.74) is 6.03. The van der Waals surface area contributed by atoms with Crippen LogP contribution >= 0.6 is 11.8 Å². The summed E-state index contributed by atoms with van der Waals surface area (Å²) in [5, 5.41) is 2.53. The van der Waals surface area contributed by atoms with Gasteiger partial charge in [0.25, 0.3) is 0 Å². The zero-order chi connectivity index (χ0) is 14.5. The molecular weight excluding hydrogens is 291 g/mol. The van der Waals surface area contributed by atoms with Crippen molar-refractivity contribution >= 4 is 38.9 Å². The number of nitrogens with one attached hydrogen (secondary N) is 1. The van der Waals surface area contributed by atoms with E-state index in [9.17, 15) is 17.6 Å². The summed E-state index contributed by atoms with van der Waals surface area (Å²) in [6, 6.07) is 3.69. The average Bonchev–Trinajstić information content (AvgIpc) is 2.27.